The van der Waals surface area contributed by atoms with E-state index in [1.807, 2.05) is 0 Å². The van der Waals surface area contributed by atoms with Gasteiger partial charge < -0.3 is 15.5 Å². The summed E-state index contributed by atoms with van der Waals surface area (Å²) in [7, 11) is 5.05. The van der Waals surface area contributed by atoms with E-state index < -0.39 is 0 Å². The van der Waals surface area contributed by atoms with Gasteiger partial charge in [-0.1, -0.05) is 0 Å². The van der Waals surface area contributed by atoms with Crippen molar-refractivity contribution >= 4 is 17.8 Å². The summed E-state index contributed by atoms with van der Waals surface area (Å²) in [6.07, 6.45) is 2.81. The van der Waals surface area contributed by atoms with Gasteiger partial charge in [0.2, 0.25) is 17.8 Å². The number of carbonyl (C=O) groups excluding carboxylic acids is 1. The summed E-state index contributed by atoms with van der Waals surface area (Å²) >= 11 is 0. The molecular weight excluding hydrogens is 262 g/mol. The van der Waals surface area contributed by atoms with E-state index in [2.05, 4.69) is 25.0 Å². The van der Waals surface area contributed by atoms with Crippen LogP contribution in [-0.4, -0.2) is 68.2 Å². The van der Waals surface area contributed by atoms with E-state index >= 15 is 0 Å². The van der Waals surface area contributed by atoms with Gasteiger partial charge >= 0.3 is 0 Å². The average Bonchev–Trinajstić information content (AvgIpc) is 2.91. The smallest absolute Gasteiger partial charge is 0.258 e. The van der Waals surface area contributed by atoms with E-state index in [1.165, 1.54) is 22.2 Å². The van der Waals surface area contributed by atoms with Gasteiger partial charge in [-0.15, -0.1) is 0 Å². The predicted molar refractivity (Wildman–Crippen MR) is 71.1 cm³/mol. The molecule has 10 heteroatoms. The first kappa shape index (κ1) is 13.6. The van der Waals surface area contributed by atoms with Gasteiger partial charge in [0.25, 0.3) is 5.95 Å². The van der Waals surface area contributed by atoms with Crippen LogP contribution in [0.3, 0.4) is 0 Å². The summed E-state index contributed by atoms with van der Waals surface area (Å²) < 4.78 is 1.36. The second kappa shape index (κ2) is 5.47. The summed E-state index contributed by atoms with van der Waals surface area (Å²) in [4.78, 5) is 30.7. The quantitative estimate of drug-likeness (QED) is 0.721. The highest BCUT2D eigenvalue weighted by Gasteiger charge is 2.14. The fourth-order valence-electron chi connectivity index (χ4n) is 1.37. The minimum absolute atomic E-state index is 0.0460. The van der Waals surface area contributed by atoms with Gasteiger partial charge in [-0.05, 0) is 0 Å². The summed E-state index contributed by atoms with van der Waals surface area (Å²) in [6.45, 7) is 0.132. The maximum absolute atomic E-state index is 11.7. The number of rotatable bonds is 4. The minimum Gasteiger partial charge on any atom is -0.368 e. The molecule has 2 rings (SSSR count). The molecule has 2 aromatic heterocycles. The van der Waals surface area contributed by atoms with Gasteiger partial charge in [-0.25, -0.2) is 4.98 Å². The van der Waals surface area contributed by atoms with Gasteiger partial charge in [-0.2, -0.15) is 24.7 Å². The minimum atomic E-state index is -0.0752. The zero-order valence-electron chi connectivity index (χ0n) is 11.4. The Bertz CT molecular complexity index is 595. The van der Waals surface area contributed by atoms with Crippen molar-refractivity contribution < 1.29 is 4.79 Å². The Morgan fingerprint density at radius 1 is 1.30 bits per heavy atom. The van der Waals surface area contributed by atoms with Crippen LogP contribution in [-0.2, 0) is 4.79 Å². The molecule has 106 valence electrons. The Kier molecular flexibility index (Phi) is 3.73. The van der Waals surface area contributed by atoms with Crippen LogP contribution < -0.4 is 10.6 Å². The number of aromatic nitrogens is 6. The lowest BCUT2D eigenvalue weighted by molar-refractivity contribution is -0.127. The standard InChI is InChI=1S/C10H15N9O/c1-17(2)7(20)4-18(3)9-14-8(11)15-10(16-9)19-6-12-5-13-19/h5-6H,4H2,1-3H3,(H2,11,14,15,16). The molecule has 0 unspecified atom stereocenters. The Balaban J connectivity index is 2.26. The van der Waals surface area contributed by atoms with E-state index in [1.54, 1.807) is 26.0 Å². The molecule has 1 amide bonds. The van der Waals surface area contributed by atoms with Crippen molar-refractivity contribution in [2.24, 2.45) is 0 Å². The zero-order chi connectivity index (χ0) is 14.7. The molecule has 0 spiro atoms. The number of anilines is 2. The molecule has 0 saturated heterocycles. The number of hydrogen-bond donors (Lipinski definition) is 1. The third-order valence-electron chi connectivity index (χ3n) is 2.47. The number of hydrogen-bond acceptors (Lipinski definition) is 8. The van der Waals surface area contributed by atoms with Crippen LogP contribution in [0, 0.1) is 0 Å². The topological polar surface area (TPSA) is 119 Å². The number of nitrogen functional groups attached to an aromatic ring is 1. The van der Waals surface area contributed by atoms with E-state index in [0.29, 0.717) is 5.95 Å². The molecule has 0 saturated carbocycles. The normalized spacial score (nSPS) is 10.3. The Hall–Kier alpha value is -2.78. The highest BCUT2D eigenvalue weighted by molar-refractivity contribution is 5.80. The highest BCUT2D eigenvalue weighted by atomic mass is 16.2. The number of likely N-dealkylation sites (N-methyl/N-ethyl adjacent to an activating group) is 2. The molecule has 10 nitrogen and oxygen atoms in total. The van der Waals surface area contributed by atoms with Crippen molar-refractivity contribution in [1.82, 2.24) is 34.6 Å². The molecule has 0 bridgehead atoms. The summed E-state index contributed by atoms with van der Waals surface area (Å²) in [5.74, 6) is 0.505. The molecule has 0 atom stereocenters. The zero-order valence-corrected chi connectivity index (χ0v) is 11.4. The Labute approximate surface area is 115 Å². The van der Waals surface area contributed by atoms with Crippen molar-refractivity contribution in [2.75, 3.05) is 38.3 Å². The molecule has 2 heterocycles. The molecular formula is C10H15N9O. The summed E-state index contributed by atoms with van der Waals surface area (Å²) in [5, 5.41) is 3.92. The Morgan fingerprint density at radius 2 is 2.05 bits per heavy atom. The van der Waals surface area contributed by atoms with Crippen molar-refractivity contribution in [2.45, 2.75) is 0 Å². The van der Waals surface area contributed by atoms with Crippen LogP contribution >= 0.6 is 0 Å². The number of nitrogens with zero attached hydrogens (tertiary/aromatic N) is 8. The monoisotopic (exact) mass is 277 g/mol. The van der Waals surface area contributed by atoms with E-state index in [4.69, 9.17) is 5.73 Å². The van der Waals surface area contributed by atoms with Crippen LogP contribution in [0.15, 0.2) is 12.7 Å². The first-order valence-corrected chi connectivity index (χ1v) is 5.75. The van der Waals surface area contributed by atoms with E-state index in [-0.39, 0.29) is 24.3 Å². The van der Waals surface area contributed by atoms with E-state index in [0.717, 1.165) is 0 Å². The molecule has 20 heavy (non-hydrogen) atoms. The van der Waals surface area contributed by atoms with Crippen LogP contribution in [0.4, 0.5) is 11.9 Å². The summed E-state index contributed by atoms with van der Waals surface area (Å²) in [5.41, 5.74) is 5.65. The number of amides is 1. The van der Waals surface area contributed by atoms with Crippen LogP contribution in [0.1, 0.15) is 0 Å². The van der Waals surface area contributed by atoms with Crippen molar-refractivity contribution in [3.05, 3.63) is 12.7 Å². The molecule has 0 fully saturated rings. The largest absolute Gasteiger partial charge is 0.368 e. The van der Waals surface area contributed by atoms with Crippen molar-refractivity contribution in [1.29, 1.82) is 0 Å². The molecule has 0 aromatic carbocycles. The average molecular weight is 277 g/mol. The molecule has 0 aliphatic heterocycles. The third-order valence-corrected chi connectivity index (χ3v) is 2.47. The van der Waals surface area contributed by atoms with E-state index in [9.17, 15) is 4.79 Å². The summed E-state index contributed by atoms with van der Waals surface area (Å²) in [6, 6.07) is 0. The molecule has 0 aliphatic carbocycles. The fraction of sp³-hybridized carbons (Fsp3) is 0.400. The maximum atomic E-state index is 11.7. The lowest BCUT2D eigenvalue weighted by atomic mass is 10.5. The first-order valence-electron chi connectivity index (χ1n) is 5.75. The first-order chi connectivity index (χ1) is 9.47. The van der Waals surface area contributed by atoms with Crippen LogP contribution in [0.25, 0.3) is 5.95 Å². The lowest BCUT2D eigenvalue weighted by Gasteiger charge is -2.19. The van der Waals surface area contributed by atoms with Gasteiger partial charge in [0.05, 0.1) is 6.54 Å². The second-order valence-electron chi connectivity index (χ2n) is 4.28. The van der Waals surface area contributed by atoms with Crippen molar-refractivity contribution in [3.63, 3.8) is 0 Å². The predicted octanol–water partition coefficient (Wildman–Crippen LogP) is -1.44. The molecule has 0 radical (unpaired) electrons. The number of nitrogens with two attached hydrogens (primary N) is 1. The van der Waals surface area contributed by atoms with Crippen LogP contribution in [0.5, 0.6) is 0 Å². The molecule has 2 aromatic rings. The lowest BCUT2D eigenvalue weighted by Crippen LogP contribution is -2.35. The SMILES string of the molecule is CN(C)C(=O)CN(C)c1nc(N)nc(-n2cncn2)n1. The highest BCUT2D eigenvalue weighted by Crippen LogP contribution is 2.09. The second-order valence-corrected chi connectivity index (χ2v) is 4.28. The third kappa shape index (κ3) is 2.96. The van der Waals surface area contributed by atoms with Gasteiger partial charge in [0.1, 0.15) is 12.7 Å². The Morgan fingerprint density at radius 3 is 2.65 bits per heavy atom. The molecule has 2 N–H and O–H groups in total. The number of carbonyl (C=O) groups is 1. The fourth-order valence-corrected chi connectivity index (χ4v) is 1.37. The van der Waals surface area contributed by atoms with Gasteiger partial charge in [0.15, 0.2) is 0 Å². The maximum Gasteiger partial charge on any atom is 0.258 e. The molecule has 0 aliphatic rings. The van der Waals surface area contributed by atoms with Crippen molar-refractivity contribution in [3.8, 4) is 5.95 Å². The van der Waals surface area contributed by atoms with Gasteiger partial charge in [-0.3, -0.25) is 4.79 Å². The van der Waals surface area contributed by atoms with Gasteiger partial charge in [0, 0.05) is 21.1 Å². The van der Waals surface area contributed by atoms with Crippen LogP contribution in [0.2, 0.25) is 0 Å².